The highest BCUT2D eigenvalue weighted by Crippen LogP contribution is 2.36. The van der Waals surface area contributed by atoms with Crippen LogP contribution < -0.4 is 26.0 Å². The fourth-order valence-electron chi connectivity index (χ4n) is 5.65. The Hall–Kier alpha value is -3.85. The van der Waals surface area contributed by atoms with E-state index in [-0.39, 0.29) is 47.5 Å². The Kier molecular flexibility index (Phi) is 12.2. The van der Waals surface area contributed by atoms with Crippen LogP contribution in [0.1, 0.15) is 47.0 Å². The standard InChI is InChI=1S/C33H40ClF2N7O5.ClH/c1-17(37-5)30(44)42-28(33(2,3)4)32(46)43-11-6-7-24(43)31(45)41-23-13-19-22(14-25(23)48-18-10-12-47-15-18)38-16-39-29(19)40-21-9-8-20(35)26(34)27(21)36;/h8-9,13-14,16-18,24,28,37H,6-7,10-12,15H2,1-5H3,(H,41,45)(H,42,44)(H,38,39,40);1H/t17-,18+,24?,28+;/m0./s1. The van der Waals surface area contributed by atoms with Gasteiger partial charge in [-0.2, -0.15) is 0 Å². The van der Waals surface area contributed by atoms with E-state index in [4.69, 9.17) is 21.1 Å². The summed E-state index contributed by atoms with van der Waals surface area (Å²) >= 11 is 5.79. The molecule has 3 heterocycles. The number of likely N-dealkylation sites (tertiary alicyclic amines) is 1. The molecule has 0 bridgehead atoms. The Morgan fingerprint density at radius 2 is 1.88 bits per heavy atom. The van der Waals surface area contributed by atoms with Crippen LogP contribution >= 0.6 is 24.0 Å². The number of carbonyl (C=O) groups excluding carboxylic acids is 3. The summed E-state index contributed by atoms with van der Waals surface area (Å²) in [6.45, 7) is 8.50. The number of carbonyl (C=O) groups is 3. The van der Waals surface area contributed by atoms with Crippen molar-refractivity contribution >= 4 is 69.8 Å². The van der Waals surface area contributed by atoms with E-state index >= 15 is 0 Å². The van der Waals surface area contributed by atoms with Crippen molar-refractivity contribution in [1.82, 2.24) is 25.5 Å². The molecule has 12 nitrogen and oxygen atoms in total. The molecule has 0 radical (unpaired) electrons. The van der Waals surface area contributed by atoms with E-state index in [1.54, 1.807) is 26.1 Å². The maximum Gasteiger partial charge on any atom is 0.247 e. The third-order valence-corrected chi connectivity index (χ3v) is 8.88. The number of anilines is 3. The van der Waals surface area contributed by atoms with Crippen molar-refractivity contribution in [2.45, 2.75) is 71.2 Å². The molecule has 16 heteroatoms. The smallest absolute Gasteiger partial charge is 0.247 e. The van der Waals surface area contributed by atoms with E-state index < -0.39 is 46.1 Å². The van der Waals surface area contributed by atoms with Crippen LogP contribution in [0.15, 0.2) is 30.6 Å². The molecule has 1 aromatic heterocycles. The molecule has 0 spiro atoms. The Bertz CT molecular complexity index is 1700. The van der Waals surface area contributed by atoms with Gasteiger partial charge in [-0.25, -0.2) is 18.7 Å². The first-order chi connectivity index (χ1) is 22.8. The largest absolute Gasteiger partial charge is 0.486 e. The summed E-state index contributed by atoms with van der Waals surface area (Å²) in [6, 6.07) is 3.25. The second-order valence-electron chi connectivity index (χ2n) is 13.0. The molecular formula is C33H41Cl2F2N7O5. The first-order valence-corrected chi connectivity index (χ1v) is 16.2. The summed E-state index contributed by atoms with van der Waals surface area (Å²) in [5.41, 5.74) is -0.0486. The second kappa shape index (κ2) is 15.8. The molecule has 3 amide bonds. The third kappa shape index (κ3) is 8.48. The number of aromatic nitrogens is 2. The van der Waals surface area contributed by atoms with E-state index in [1.807, 2.05) is 20.8 Å². The quantitative estimate of drug-likeness (QED) is 0.213. The van der Waals surface area contributed by atoms with Gasteiger partial charge in [0.25, 0.3) is 0 Å². The number of nitrogens with one attached hydrogen (secondary N) is 4. The van der Waals surface area contributed by atoms with Crippen molar-refractivity contribution in [3.8, 4) is 5.75 Å². The first-order valence-electron chi connectivity index (χ1n) is 15.8. The van der Waals surface area contributed by atoms with Crippen LogP contribution in [0.3, 0.4) is 0 Å². The molecule has 1 unspecified atom stereocenters. The molecular weight excluding hydrogens is 683 g/mol. The highest BCUT2D eigenvalue weighted by Gasteiger charge is 2.42. The molecule has 266 valence electrons. The van der Waals surface area contributed by atoms with Gasteiger partial charge in [0.1, 0.15) is 46.9 Å². The maximum atomic E-state index is 14.8. The Balaban J connectivity index is 0.00000541. The van der Waals surface area contributed by atoms with Crippen LogP contribution in [0.4, 0.5) is 26.0 Å². The highest BCUT2D eigenvalue weighted by molar-refractivity contribution is 6.31. The summed E-state index contributed by atoms with van der Waals surface area (Å²) < 4.78 is 40.3. The van der Waals surface area contributed by atoms with Crippen LogP contribution in [0, 0.1) is 17.0 Å². The molecule has 2 aliphatic rings. The van der Waals surface area contributed by atoms with Gasteiger partial charge >= 0.3 is 0 Å². The normalized spacial score (nSPS) is 18.8. The van der Waals surface area contributed by atoms with Crippen molar-refractivity contribution in [1.29, 1.82) is 0 Å². The minimum absolute atomic E-state index is 0. The average Bonchev–Trinajstić information content (AvgIpc) is 3.76. The average molecular weight is 725 g/mol. The summed E-state index contributed by atoms with van der Waals surface area (Å²) in [6.07, 6.45) is 2.65. The number of amides is 3. The fraction of sp³-hybridized carbons (Fsp3) is 0.485. The van der Waals surface area contributed by atoms with Gasteiger partial charge in [-0.3, -0.25) is 14.4 Å². The van der Waals surface area contributed by atoms with Gasteiger partial charge in [-0.1, -0.05) is 32.4 Å². The van der Waals surface area contributed by atoms with Crippen molar-refractivity contribution in [3.05, 3.63) is 47.2 Å². The van der Waals surface area contributed by atoms with Crippen LogP contribution in [0.25, 0.3) is 10.9 Å². The molecule has 4 atom stereocenters. The summed E-state index contributed by atoms with van der Waals surface area (Å²) in [5, 5.41) is 11.3. The van der Waals surface area contributed by atoms with Crippen LogP contribution in [-0.4, -0.2) is 83.6 Å². The molecule has 3 aromatic rings. The number of likely N-dealkylation sites (N-methyl/N-ethyl adjacent to an activating group) is 1. The monoisotopic (exact) mass is 723 g/mol. The highest BCUT2D eigenvalue weighted by atomic mass is 35.5. The molecule has 0 saturated carbocycles. The SMILES string of the molecule is CN[C@@H](C)C(=O)N[C@H](C(=O)N1CCCC1C(=O)Nc1cc2c(Nc3ccc(F)c(Cl)c3F)ncnc2cc1O[C@@H]1CCOC1)C(C)(C)C.Cl. The number of hydrogen-bond donors (Lipinski definition) is 4. The van der Waals surface area contributed by atoms with Gasteiger partial charge in [0.15, 0.2) is 5.82 Å². The molecule has 4 N–H and O–H groups in total. The first kappa shape index (κ1) is 38.0. The van der Waals surface area contributed by atoms with Gasteiger partial charge in [-0.05, 0) is 50.4 Å². The fourth-order valence-corrected chi connectivity index (χ4v) is 5.81. The third-order valence-electron chi connectivity index (χ3n) is 8.53. The summed E-state index contributed by atoms with van der Waals surface area (Å²) in [7, 11) is 1.66. The van der Waals surface area contributed by atoms with Crippen LogP contribution in [0.2, 0.25) is 5.02 Å². The Morgan fingerprint density at radius 1 is 1.12 bits per heavy atom. The van der Waals surface area contributed by atoms with E-state index in [0.29, 0.717) is 55.7 Å². The topological polar surface area (TPSA) is 147 Å². The van der Waals surface area contributed by atoms with E-state index in [2.05, 4.69) is 31.2 Å². The maximum absolute atomic E-state index is 14.8. The minimum atomic E-state index is -0.991. The lowest BCUT2D eigenvalue weighted by atomic mass is 9.85. The lowest BCUT2D eigenvalue weighted by molar-refractivity contribution is -0.143. The summed E-state index contributed by atoms with van der Waals surface area (Å²) in [4.78, 5) is 50.8. The number of nitrogens with zero attached hydrogens (tertiary/aromatic N) is 3. The minimum Gasteiger partial charge on any atom is -0.486 e. The number of fused-ring (bicyclic) bond motifs is 1. The van der Waals surface area contributed by atoms with Gasteiger partial charge in [0.05, 0.1) is 36.1 Å². The van der Waals surface area contributed by atoms with Gasteiger partial charge in [0.2, 0.25) is 17.7 Å². The van der Waals surface area contributed by atoms with Crippen LogP contribution in [-0.2, 0) is 19.1 Å². The number of benzene rings is 2. The van der Waals surface area contributed by atoms with Gasteiger partial charge in [0, 0.05) is 24.4 Å². The van der Waals surface area contributed by atoms with E-state index in [9.17, 15) is 23.2 Å². The number of hydrogen-bond acceptors (Lipinski definition) is 9. The molecule has 2 aliphatic heterocycles. The lowest BCUT2D eigenvalue weighted by Gasteiger charge is -2.36. The predicted octanol–water partition coefficient (Wildman–Crippen LogP) is 4.96. The predicted molar refractivity (Wildman–Crippen MR) is 185 cm³/mol. The summed E-state index contributed by atoms with van der Waals surface area (Å²) in [5.74, 6) is -2.52. The molecule has 2 fully saturated rings. The van der Waals surface area contributed by atoms with Crippen LogP contribution in [0.5, 0.6) is 5.75 Å². The molecule has 5 rings (SSSR count). The van der Waals surface area contributed by atoms with Crippen molar-refractivity contribution < 1.29 is 32.6 Å². The zero-order chi connectivity index (χ0) is 34.7. The van der Waals surface area contributed by atoms with Crippen molar-refractivity contribution in [3.63, 3.8) is 0 Å². The number of rotatable bonds is 10. The van der Waals surface area contributed by atoms with Crippen molar-refractivity contribution in [2.75, 3.05) is 37.4 Å². The van der Waals surface area contributed by atoms with Gasteiger partial charge in [-0.15, -0.1) is 12.4 Å². The lowest BCUT2D eigenvalue weighted by Crippen LogP contribution is -2.59. The zero-order valence-corrected chi connectivity index (χ0v) is 29.4. The Labute approximate surface area is 294 Å². The number of ether oxygens (including phenoxy) is 2. The Morgan fingerprint density at radius 3 is 2.55 bits per heavy atom. The molecule has 2 aromatic carbocycles. The molecule has 2 saturated heterocycles. The number of halogens is 4. The molecule has 0 aliphatic carbocycles. The van der Waals surface area contributed by atoms with E-state index in [1.165, 1.54) is 17.3 Å². The van der Waals surface area contributed by atoms with Crippen molar-refractivity contribution in [2.24, 2.45) is 5.41 Å². The second-order valence-corrected chi connectivity index (χ2v) is 13.4. The van der Waals surface area contributed by atoms with E-state index in [0.717, 1.165) is 6.07 Å². The molecule has 49 heavy (non-hydrogen) atoms. The van der Waals surface area contributed by atoms with Gasteiger partial charge < -0.3 is 35.6 Å². The zero-order valence-electron chi connectivity index (χ0n) is 27.9.